The molecule has 0 aliphatic carbocycles. The third-order valence-corrected chi connectivity index (χ3v) is 2.99. The molecule has 0 amide bonds. The maximum absolute atomic E-state index is 11.2. The summed E-state index contributed by atoms with van der Waals surface area (Å²) in [6.45, 7) is 3.91. The van der Waals surface area contributed by atoms with Gasteiger partial charge in [-0.3, -0.25) is 4.79 Å². The molecule has 0 radical (unpaired) electrons. The fraction of sp³-hybridized carbons (Fsp3) is 0.462. The van der Waals surface area contributed by atoms with Gasteiger partial charge in [0.25, 0.3) is 0 Å². The molecule has 0 aliphatic heterocycles. The molecule has 2 atom stereocenters. The molecule has 0 saturated heterocycles. The van der Waals surface area contributed by atoms with Gasteiger partial charge in [-0.05, 0) is 31.5 Å². The molecule has 0 aliphatic rings. The van der Waals surface area contributed by atoms with Crippen molar-refractivity contribution in [3.8, 4) is 0 Å². The van der Waals surface area contributed by atoms with Crippen molar-refractivity contribution in [2.75, 3.05) is 7.05 Å². The fourth-order valence-electron chi connectivity index (χ4n) is 2.06. The lowest BCUT2D eigenvalue weighted by Gasteiger charge is -2.24. The lowest BCUT2D eigenvalue weighted by Crippen LogP contribution is -2.30. The zero-order valence-electron chi connectivity index (χ0n) is 10.0. The van der Waals surface area contributed by atoms with Gasteiger partial charge in [-0.2, -0.15) is 0 Å². The first-order valence-electron chi connectivity index (χ1n) is 5.57. The SMILES string of the molecule is CCC(C(=O)O)C(NC)c1ccccc1C. The molecule has 0 spiro atoms. The molecule has 0 fully saturated rings. The zero-order valence-corrected chi connectivity index (χ0v) is 10.0. The Morgan fingerprint density at radius 1 is 1.44 bits per heavy atom. The van der Waals surface area contributed by atoms with E-state index in [-0.39, 0.29) is 12.0 Å². The van der Waals surface area contributed by atoms with Crippen LogP contribution in [0.5, 0.6) is 0 Å². The minimum Gasteiger partial charge on any atom is -0.481 e. The van der Waals surface area contributed by atoms with Crippen LogP contribution in [0.4, 0.5) is 0 Å². The number of benzene rings is 1. The van der Waals surface area contributed by atoms with E-state index in [0.29, 0.717) is 6.42 Å². The summed E-state index contributed by atoms with van der Waals surface area (Å²) in [6, 6.07) is 7.79. The highest BCUT2D eigenvalue weighted by atomic mass is 16.4. The van der Waals surface area contributed by atoms with E-state index in [1.807, 2.05) is 45.2 Å². The van der Waals surface area contributed by atoms with Gasteiger partial charge in [-0.25, -0.2) is 0 Å². The number of carbonyl (C=O) groups is 1. The van der Waals surface area contributed by atoms with Gasteiger partial charge in [0.1, 0.15) is 0 Å². The number of hydrogen-bond donors (Lipinski definition) is 2. The summed E-state index contributed by atoms with van der Waals surface area (Å²) in [5, 5.41) is 12.3. The van der Waals surface area contributed by atoms with Crippen LogP contribution in [0.3, 0.4) is 0 Å². The maximum Gasteiger partial charge on any atom is 0.308 e. The first kappa shape index (κ1) is 12.7. The van der Waals surface area contributed by atoms with E-state index >= 15 is 0 Å². The molecule has 0 aromatic heterocycles. The first-order chi connectivity index (χ1) is 7.61. The van der Waals surface area contributed by atoms with E-state index in [9.17, 15) is 9.90 Å². The van der Waals surface area contributed by atoms with E-state index < -0.39 is 5.97 Å². The largest absolute Gasteiger partial charge is 0.481 e. The van der Waals surface area contributed by atoms with Gasteiger partial charge < -0.3 is 10.4 Å². The molecule has 0 bridgehead atoms. The number of aryl methyl sites for hydroxylation is 1. The second-order valence-corrected chi connectivity index (χ2v) is 3.98. The maximum atomic E-state index is 11.2. The van der Waals surface area contributed by atoms with Crippen LogP contribution >= 0.6 is 0 Å². The topological polar surface area (TPSA) is 49.3 Å². The number of rotatable bonds is 5. The summed E-state index contributed by atoms with van der Waals surface area (Å²) in [7, 11) is 1.81. The minimum absolute atomic E-state index is 0.122. The van der Waals surface area contributed by atoms with Crippen molar-refractivity contribution in [1.29, 1.82) is 0 Å². The van der Waals surface area contributed by atoms with Crippen LogP contribution < -0.4 is 5.32 Å². The minimum atomic E-state index is -0.745. The van der Waals surface area contributed by atoms with Crippen LogP contribution in [-0.4, -0.2) is 18.1 Å². The molecule has 3 heteroatoms. The highest BCUT2D eigenvalue weighted by Gasteiger charge is 2.27. The van der Waals surface area contributed by atoms with E-state index in [2.05, 4.69) is 5.32 Å². The van der Waals surface area contributed by atoms with Crippen molar-refractivity contribution in [2.24, 2.45) is 5.92 Å². The Balaban J connectivity index is 3.06. The standard InChI is InChI=1S/C13H19NO2/c1-4-10(13(15)16)12(14-3)11-8-6-5-7-9(11)2/h5-8,10,12,14H,4H2,1-3H3,(H,15,16). The monoisotopic (exact) mass is 221 g/mol. The van der Waals surface area contributed by atoms with Gasteiger partial charge >= 0.3 is 5.97 Å². The lowest BCUT2D eigenvalue weighted by molar-refractivity contribution is -0.143. The average molecular weight is 221 g/mol. The average Bonchev–Trinajstić information content (AvgIpc) is 2.26. The van der Waals surface area contributed by atoms with Crippen LogP contribution in [0.1, 0.15) is 30.5 Å². The molecule has 16 heavy (non-hydrogen) atoms. The van der Waals surface area contributed by atoms with E-state index in [1.54, 1.807) is 0 Å². The van der Waals surface area contributed by atoms with E-state index in [0.717, 1.165) is 11.1 Å². The molecule has 88 valence electrons. The zero-order chi connectivity index (χ0) is 12.1. The summed E-state index contributed by atoms with van der Waals surface area (Å²) in [5.74, 6) is -1.13. The third-order valence-electron chi connectivity index (χ3n) is 2.99. The van der Waals surface area contributed by atoms with Gasteiger partial charge in [-0.1, -0.05) is 31.2 Å². The van der Waals surface area contributed by atoms with Crippen molar-refractivity contribution in [2.45, 2.75) is 26.3 Å². The second kappa shape index (κ2) is 5.66. The van der Waals surface area contributed by atoms with Crippen molar-refractivity contribution < 1.29 is 9.90 Å². The first-order valence-corrected chi connectivity index (χ1v) is 5.57. The summed E-state index contributed by atoms with van der Waals surface area (Å²) in [4.78, 5) is 11.2. The Hall–Kier alpha value is -1.35. The summed E-state index contributed by atoms with van der Waals surface area (Å²) in [6.07, 6.45) is 0.620. The fourth-order valence-corrected chi connectivity index (χ4v) is 2.06. The van der Waals surface area contributed by atoms with Crippen molar-refractivity contribution in [3.05, 3.63) is 35.4 Å². The number of hydrogen-bond acceptors (Lipinski definition) is 2. The Bertz CT molecular complexity index is 363. The number of nitrogens with one attached hydrogen (secondary N) is 1. The van der Waals surface area contributed by atoms with Crippen LogP contribution in [-0.2, 0) is 4.79 Å². The number of carboxylic acids is 1. The molecule has 0 heterocycles. The summed E-state index contributed by atoms with van der Waals surface area (Å²) < 4.78 is 0. The normalized spacial score (nSPS) is 14.4. The molecule has 1 rings (SSSR count). The van der Waals surface area contributed by atoms with Crippen LogP contribution in [0, 0.1) is 12.8 Å². The van der Waals surface area contributed by atoms with E-state index in [4.69, 9.17) is 0 Å². The van der Waals surface area contributed by atoms with Gasteiger partial charge in [-0.15, -0.1) is 0 Å². The van der Waals surface area contributed by atoms with Gasteiger partial charge in [0, 0.05) is 6.04 Å². The Kier molecular flexibility index (Phi) is 4.50. The molecule has 0 saturated carbocycles. The van der Waals surface area contributed by atoms with Crippen molar-refractivity contribution in [1.82, 2.24) is 5.32 Å². The highest BCUT2D eigenvalue weighted by Crippen LogP contribution is 2.26. The molecule has 3 nitrogen and oxygen atoms in total. The predicted octanol–water partition coefficient (Wildman–Crippen LogP) is 2.37. The van der Waals surface area contributed by atoms with Crippen molar-refractivity contribution in [3.63, 3.8) is 0 Å². The van der Waals surface area contributed by atoms with Crippen LogP contribution in [0.15, 0.2) is 24.3 Å². The Morgan fingerprint density at radius 3 is 2.50 bits per heavy atom. The van der Waals surface area contributed by atoms with Crippen LogP contribution in [0.2, 0.25) is 0 Å². The molecule has 2 unspecified atom stereocenters. The highest BCUT2D eigenvalue weighted by molar-refractivity contribution is 5.71. The summed E-state index contributed by atoms with van der Waals surface area (Å²) >= 11 is 0. The molecular weight excluding hydrogens is 202 g/mol. The van der Waals surface area contributed by atoms with Gasteiger partial charge in [0.15, 0.2) is 0 Å². The quantitative estimate of drug-likeness (QED) is 0.802. The number of carboxylic acid groups (broad SMARTS) is 1. The molecule has 1 aromatic rings. The van der Waals surface area contributed by atoms with E-state index in [1.165, 1.54) is 0 Å². The summed E-state index contributed by atoms with van der Waals surface area (Å²) in [5.41, 5.74) is 2.20. The lowest BCUT2D eigenvalue weighted by atomic mass is 9.89. The van der Waals surface area contributed by atoms with Crippen molar-refractivity contribution >= 4 is 5.97 Å². The molecule has 1 aromatic carbocycles. The smallest absolute Gasteiger partial charge is 0.308 e. The molecular formula is C13H19NO2. The van der Waals surface area contributed by atoms with Crippen LogP contribution in [0.25, 0.3) is 0 Å². The van der Waals surface area contributed by atoms with Gasteiger partial charge in [0.05, 0.1) is 5.92 Å². The molecule has 2 N–H and O–H groups in total. The second-order valence-electron chi connectivity index (χ2n) is 3.98. The Labute approximate surface area is 96.5 Å². The number of aliphatic carboxylic acids is 1. The predicted molar refractivity (Wildman–Crippen MR) is 64.4 cm³/mol. The Morgan fingerprint density at radius 2 is 2.06 bits per heavy atom. The third kappa shape index (κ3) is 2.61. The van der Waals surface area contributed by atoms with Gasteiger partial charge in [0.2, 0.25) is 0 Å².